The van der Waals surface area contributed by atoms with Crippen molar-refractivity contribution in [2.24, 2.45) is 5.10 Å². The molecular formula is C34H29N3O9. The molecule has 0 unspecified atom stereocenters. The molecule has 12 nitrogen and oxygen atoms in total. The fourth-order valence-corrected chi connectivity index (χ4v) is 4.37. The molecule has 1 aliphatic rings. The summed E-state index contributed by atoms with van der Waals surface area (Å²) in [5.74, 6) is 0.280. The maximum atomic E-state index is 13.3. The number of esters is 1. The molecule has 1 aliphatic heterocycles. The van der Waals surface area contributed by atoms with E-state index >= 15 is 0 Å². The molecule has 46 heavy (non-hydrogen) atoms. The number of para-hydroxylation sites is 1. The molecule has 0 aromatic heterocycles. The Morgan fingerprint density at radius 1 is 0.761 bits per heavy atom. The molecule has 2 N–H and O–H groups in total. The van der Waals surface area contributed by atoms with Crippen LogP contribution in [-0.4, -0.2) is 52.1 Å². The van der Waals surface area contributed by atoms with E-state index in [1.54, 1.807) is 72.8 Å². The SMILES string of the molecule is COc1cc(C(=O)Oc2ccccc2/C=N/NC(=O)/C(=C\c2ccc3c(c2)OCO3)NC(=O)c2ccccc2)cc(OC)c1OC. The quantitative estimate of drug-likeness (QED) is 0.0807. The molecule has 0 aliphatic carbocycles. The maximum Gasteiger partial charge on any atom is 0.343 e. The van der Waals surface area contributed by atoms with Crippen molar-refractivity contribution in [2.45, 2.75) is 0 Å². The Bertz CT molecular complexity index is 1800. The highest BCUT2D eigenvalue weighted by atomic mass is 16.7. The highest BCUT2D eigenvalue weighted by Crippen LogP contribution is 2.38. The molecule has 0 fully saturated rings. The van der Waals surface area contributed by atoms with Crippen LogP contribution in [0.5, 0.6) is 34.5 Å². The summed E-state index contributed by atoms with van der Waals surface area (Å²) in [6, 6.07) is 23.1. The normalized spacial score (nSPS) is 11.9. The predicted molar refractivity (Wildman–Crippen MR) is 168 cm³/mol. The van der Waals surface area contributed by atoms with Gasteiger partial charge in [-0.15, -0.1) is 0 Å². The summed E-state index contributed by atoms with van der Waals surface area (Å²) in [4.78, 5) is 39.3. The number of carbonyl (C=O) groups is 3. The molecule has 0 spiro atoms. The smallest absolute Gasteiger partial charge is 0.343 e. The highest BCUT2D eigenvalue weighted by molar-refractivity contribution is 6.05. The van der Waals surface area contributed by atoms with Gasteiger partial charge in [-0.1, -0.05) is 36.4 Å². The molecule has 2 amide bonds. The Labute approximate surface area is 264 Å². The van der Waals surface area contributed by atoms with Crippen LogP contribution in [0.3, 0.4) is 0 Å². The van der Waals surface area contributed by atoms with Crippen molar-refractivity contribution in [1.29, 1.82) is 0 Å². The maximum absolute atomic E-state index is 13.3. The first kappa shape index (κ1) is 31.1. The van der Waals surface area contributed by atoms with Crippen LogP contribution in [0.1, 0.15) is 31.8 Å². The van der Waals surface area contributed by atoms with Crippen molar-refractivity contribution in [3.63, 3.8) is 0 Å². The van der Waals surface area contributed by atoms with Crippen LogP contribution < -0.4 is 39.2 Å². The first-order chi connectivity index (χ1) is 22.4. The average Bonchev–Trinajstić information content (AvgIpc) is 3.56. The van der Waals surface area contributed by atoms with E-state index in [0.717, 1.165) is 0 Å². The van der Waals surface area contributed by atoms with Gasteiger partial charge in [0, 0.05) is 11.1 Å². The van der Waals surface area contributed by atoms with Crippen LogP contribution in [0.15, 0.2) is 95.7 Å². The van der Waals surface area contributed by atoms with Crippen molar-refractivity contribution in [2.75, 3.05) is 28.1 Å². The number of nitrogens with zero attached hydrogens (tertiary/aromatic N) is 1. The minimum Gasteiger partial charge on any atom is -0.493 e. The lowest BCUT2D eigenvalue weighted by Gasteiger charge is -2.14. The van der Waals surface area contributed by atoms with Gasteiger partial charge in [-0.05, 0) is 60.2 Å². The molecule has 1 heterocycles. The Morgan fingerprint density at radius 3 is 2.17 bits per heavy atom. The van der Waals surface area contributed by atoms with Gasteiger partial charge in [0.05, 0.1) is 33.1 Å². The molecule has 0 saturated carbocycles. The highest BCUT2D eigenvalue weighted by Gasteiger charge is 2.20. The first-order valence-electron chi connectivity index (χ1n) is 13.8. The third-order valence-corrected chi connectivity index (χ3v) is 6.63. The topological polar surface area (TPSA) is 143 Å². The van der Waals surface area contributed by atoms with Crippen LogP contribution in [0.4, 0.5) is 0 Å². The molecule has 4 aromatic carbocycles. The van der Waals surface area contributed by atoms with Gasteiger partial charge in [0.25, 0.3) is 11.8 Å². The lowest BCUT2D eigenvalue weighted by Crippen LogP contribution is -2.32. The van der Waals surface area contributed by atoms with Crippen LogP contribution in [0.2, 0.25) is 0 Å². The molecule has 0 radical (unpaired) electrons. The standard InChI is InChI=1S/C34H29N3O9/c1-41-29-17-24(18-30(42-2)31(29)43-3)34(40)46-26-12-8-7-11-23(26)19-35-37-33(39)25(36-32(38)22-9-5-4-6-10-22)15-21-13-14-27-28(16-21)45-20-44-27/h4-19H,20H2,1-3H3,(H,36,38)(H,37,39)/b25-15+,35-19+. The van der Waals surface area contributed by atoms with Crippen molar-refractivity contribution in [3.05, 3.63) is 113 Å². The van der Waals surface area contributed by atoms with Gasteiger partial charge in [-0.3, -0.25) is 9.59 Å². The van der Waals surface area contributed by atoms with Crippen molar-refractivity contribution >= 4 is 30.1 Å². The van der Waals surface area contributed by atoms with E-state index in [0.29, 0.717) is 33.9 Å². The first-order valence-corrected chi connectivity index (χ1v) is 13.8. The van der Waals surface area contributed by atoms with E-state index in [2.05, 4.69) is 15.8 Å². The lowest BCUT2D eigenvalue weighted by atomic mass is 10.1. The van der Waals surface area contributed by atoms with Crippen molar-refractivity contribution in [3.8, 4) is 34.5 Å². The third-order valence-electron chi connectivity index (χ3n) is 6.63. The Hall–Kier alpha value is -6.30. The van der Waals surface area contributed by atoms with Gasteiger partial charge in [0.15, 0.2) is 23.0 Å². The monoisotopic (exact) mass is 623 g/mol. The molecule has 0 bridgehead atoms. The summed E-state index contributed by atoms with van der Waals surface area (Å²) in [7, 11) is 4.34. The van der Waals surface area contributed by atoms with E-state index in [9.17, 15) is 14.4 Å². The number of hydrazone groups is 1. The van der Waals surface area contributed by atoms with Crippen LogP contribution in [0.25, 0.3) is 6.08 Å². The lowest BCUT2D eigenvalue weighted by molar-refractivity contribution is -0.117. The average molecular weight is 624 g/mol. The molecule has 234 valence electrons. The van der Waals surface area contributed by atoms with Crippen LogP contribution >= 0.6 is 0 Å². The van der Waals surface area contributed by atoms with E-state index < -0.39 is 17.8 Å². The van der Waals surface area contributed by atoms with Crippen LogP contribution in [-0.2, 0) is 4.79 Å². The van der Waals surface area contributed by atoms with E-state index in [1.165, 1.54) is 45.8 Å². The van der Waals surface area contributed by atoms with Crippen LogP contribution in [0, 0.1) is 0 Å². The molecule has 0 saturated heterocycles. The summed E-state index contributed by atoms with van der Waals surface area (Å²) >= 11 is 0. The van der Waals surface area contributed by atoms with Crippen molar-refractivity contribution in [1.82, 2.24) is 10.7 Å². The Balaban J connectivity index is 1.34. The number of rotatable bonds is 11. The minimum atomic E-state index is -0.704. The third kappa shape index (κ3) is 7.25. The number of fused-ring (bicyclic) bond motifs is 1. The molecule has 0 atom stereocenters. The molecule has 5 rings (SSSR count). The van der Waals surface area contributed by atoms with Gasteiger partial charge >= 0.3 is 5.97 Å². The zero-order valence-electron chi connectivity index (χ0n) is 25.1. The summed E-state index contributed by atoms with van der Waals surface area (Å²) in [5.41, 5.74) is 3.82. The fraction of sp³-hybridized carbons (Fsp3) is 0.118. The zero-order chi connectivity index (χ0) is 32.5. The summed E-state index contributed by atoms with van der Waals surface area (Å²) in [5, 5.41) is 6.70. The van der Waals surface area contributed by atoms with Gasteiger partial charge in [-0.25, -0.2) is 10.2 Å². The van der Waals surface area contributed by atoms with E-state index in [4.69, 9.17) is 28.4 Å². The minimum absolute atomic E-state index is 0.0769. The number of hydrogen-bond donors (Lipinski definition) is 2. The molecular weight excluding hydrogens is 594 g/mol. The molecule has 12 heteroatoms. The van der Waals surface area contributed by atoms with Crippen molar-refractivity contribution < 1.29 is 42.8 Å². The number of amides is 2. The number of ether oxygens (including phenoxy) is 6. The van der Waals surface area contributed by atoms with E-state index in [-0.39, 0.29) is 35.3 Å². The van der Waals surface area contributed by atoms with Gasteiger partial charge in [0.1, 0.15) is 11.4 Å². The number of nitrogens with one attached hydrogen (secondary N) is 2. The predicted octanol–water partition coefficient (Wildman–Crippen LogP) is 4.58. The summed E-state index contributed by atoms with van der Waals surface area (Å²) < 4.78 is 32.4. The second-order valence-corrected chi connectivity index (χ2v) is 9.53. The number of benzene rings is 4. The van der Waals surface area contributed by atoms with Gasteiger partial charge < -0.3 is 33.7 Å². The Kier molecular flexibility index (Phi) is 9.78. The van der Waals surface area contributed by atoms with Gasteiger partial charge in [-0.2, -0.15) is 5.10 Å². The number of carbonyl (C=O) groups excluding carboxylic acids is 3. The van der Waals surface area contributed by atoms with E-state index in [1.807, 2.05) is 0 Å². The number of hydrogen-bond acceptors (Lipinski definition) is 10. The van der Waals surface area contributed by atoms with Gasteiger partial charge in [0.2, 0.25) is 12.5 Å². The summed E-state index contributed by atoms with van der Waals surface area (Å²) in [6.45, 7) is 0.0918. The largest absolute Gasteiger partial charge is 0.493 e. The summed E-state index contributed by atoms with van der Waals surface area (Å²) in [6.07, 6.45) is 2.80. The second-order valence-electron chi connectivity index (χ2n) is 9.53. The number of methoxy groups -OCH3 is 3. The molecule has 4 aromatic rings. The fourth-order valence-electron chi connectivity index (χ4n) is 4.37. The Morgan fingerprint density at radius 2 is 1.46 bits per heavy atom. The second kappa shape index (κ2) is 14.4. The zero-order valence-corrected chi connectivity index (χ0v) is 25.1.